The predicted molar refractivity (Wildman–Crippen MR) is 152 cm³/mol. The number of hydrogen-bond acceptors (Lipinski definition) is 6. The summed E-state index contributed by atoms with van der Waals surface area (Å²) in [5.41, 5.74) is 1.07. The van der Waals surface area contributed by atoms with Crippen LogP contribution in [0.1, 0.15) is 32.8 Å². The molecule has 8 heteroatoms. The average molecular weight is 545 g/mol. The molecule has 0 radical (unpaired) electrons. The van der Waals surface area contributed by atoms with Gasteiger partial charge in [0.25, 0.3) is 14.2 Å². The Labute approximate surface area is 231 Å². The van der Waals surface area contributed by atoms with E-state index in [4.69, 9.17) is 14.0 Å². The van der Waals surface area contributed by atoms with Crippen LogP contribution in [-0.4, -0.2) is 62.2 Å². The van der Waals surface area contributed by atoms with Crippen molar-refractivity contribution in [3.8, 4) is 0 Å². The van der Waals surface area contributed by atoms with Gasteiger partial charge < -0.3 is 9.16 Å². The third-order valence-electron chi connectivity index (χ3n) is 7.55. The molecule has 2 amide bonds. The highest BCUT2D eigenvalue weighted by Crippen LogP contribution is 2.38. The van der Waals surface area contributed by atoms with Crippen molar-refractivity contribution in [1.29, 1.82) is 0 Å². The molecular formula is C31H36N2O5Si. The van der Waals surface area contributed by atoms with Gasteiger partial charge in [-0.1, -0.05) is 112 Å². The van der Waals surface area contributed by atoms with E-state index in [0.29, 0.717) is 19.6 Å². The summed E-state index contributed by atoms with van der Waals surface area (Å²) in [6, 6.07) is 30.9. The lowest BCUT2D eigenvalue weighted by atomic mass is 10.1. The zero-order valence-corrected chi connectivity index (χ0v) is 23.8. The maximum absolute atomic E-state index is 13.2. The molecule has 0 aromatic heterocycles. The quantitative estimate of drug-likeness (QED) is 0.398. The maximum atomic E-state index is 13.2. The van der Waals surface area contributed by atoms with E-state index in [9.17, 15) is 9.59 Å². The van der Waals surface area contributed by atoms with E-state index < -0.39 is 20.5 Å². The molecule has 3 aromatic carbocycles. The van der Waals surface area contributed by atoms with Crippen LogP contribution in [0.5, 0.6) is 0 Å². The Morgan fingerprint density at radius 1 is 0.923 bits per heavy atom. The minimum absolute atomic E-state index is 0.173. The molecule has 0 unspecified atom stereocenters. The molecule has 39 heavy (non-hydrogen) atoms. The van der Waals surface area contributed by atoms with E-state index >= 15 is 0 Å². The van der Waals surface area contributed by atoms with Gasteiger partial charge >= 0.3 is 6.09 Å². The number of amides is 2. The highest BCUT2D eigenvalue weighted by atomic mass is 28.4. The van der Waals surface area contributed by atoms with Crippen molar-refractivity contribution in [2.24, 2.45) is 0 Å². The van der Waals surface area contributed by atoms with Crippen molar-refractivity contribution in [2.45, 2.75) is 50.9 Å². The van der Waals surface area contributed by atoms with Crippen LogP contribution in [0.4, 0.5) is 4.79 Å². The fraction of sp³-hybridized carbons (Fsp3) is 0.355. The molecule has 2 aliphatic heterocycles. The summed E-state index contributed by atoms with van der Waals surface area (Å²) in [5, 5.41) is 4.08. The number of carbonyl (C=O) groups is 2. The van der Waals surface area contributed by atoms with Crippen molar-refractivity contribution < 1.29 is 23.6 Å². The largest absolute Gasteiger partial charge is 0.447 e. The molecule has 7 nitrogen and oxygen atoms in total. The van der Waals surface area contributed by atoms with Crippen LogP contribution in [-0.2, 0) is 25.3 Å². The van der Waals surface area contributed by atoms with E-state index in [1.54, 1.807) is 0 Å². The normalized spacial score (nSPS) is 20.3. The molecular weight excluding hydrogens is 508 g/mol. The first-order chi connectivity index (χ1) is 18.8. The number of rotatable bonds is 8. The summed E-state index contributed by atoms with van der Waals surface area (Å²) < 4.78 is 12.2. The summed E-state index contributed by atoms with van der Waals surface area (Å²) in [7, 11) is -2.78. The minimum atomic E-state index is -2.78. The first-order valence-corrected chi connectivity index (χ1v) is 15.4. The Bertz CT molecular complexity index is 1230. The van der Waals surface area contributed by atoms with Crippen LogP contribution in [0, 0.1) is 0 Å². The summed E-state index contributed by atoms with van der Waals surface area (Å²) in [4.78, 5) is 32.7. The van der Waals surface area contributed by atoms with Gasteiger partial charge in [0.05, 0.1) is 19.2 Å². The lowest BCUT2D eigenvalue weighted by Crippen LogP contribution is -2.67. The second kappa shape index (κ2) is 11.4. The van der Waals surface area contributed by atoms with Gasteiger partial charge in [-0.05, 0) is 21.0 Å². The van der Waals surface area contributed by atoms with Gasteiger partial charge in [0, 0.05) is 13.0 Å². The van der Waals surface area contributed by atoms with Crippen LogP contribution in [0.25, 0.3) is 0 Å². The highest BCUT2D eigenvalue weighted by molar-refractivity contribution is 6.99. The van der Waals surface area contributed by atoms with Crippen molar-refractivity contribution >= 4 is 30.7 Å². The smallest absolute Gasteiger partial charge is 0.416 e. The molecule has 2 aliphatic rings. The molecule has 2 saturated heterocycles. The highest BCUT2D eigenvalue weighted by Gasteiger charge is 2.51. The van der Waals surface area contributed by atoms with Gasteiger partial charge in [-0.25, -0.2) is 9.69 Å². The number of hydroxylamine groups is 2. The monoisotopic (exact) mass is 544 g/mol. The summed E-state index contributed by atoms with van der Waals surface area (Å²) in [6.07, 6.45) is -0.953. The van der Waals surface area contributed by atoms with E-state index in [-0.39, 0.29) is 30.1 Å². The van der Waals surface area contributed by atoms with Crippen LogP contribution in [0.3, 0.4) is 0 Å². The van der Waals surface area contributed by atoms with Crippen LogP contribution >= 0.6 is 0 Å². The van der Waals surface area contributed by atoms with Gasteiger partial charge in [-0.2, -0.15) is 5.06 Å². The van der Waals surface area contributed by atoms with Crippen LogP contribution in [0.2, 0.25) is 5.04 Å². The Kier molecular flexibility index (Phi) is 8.00. The summed E-state index contributed by atoms with van der Waals surface area (Å²) >= 11 is 0. The fourth-order valence-electron chi connectivity index (χ4n) is 5.63. The number of ether oxygens (including phenoxy) is 1. The zero-order valence-electron chi connectivity index (χ0n) is 22.8. The molecule has 0 saturated carbocycles. The molecule has 2 heterocycles. The van der Waals surface area contributed by atoms with Gasteiger partial charge in [-0.3, -0.25) is 9.63 Å². The number of imide groups is 1. The van der Waals surface area contributed by atoms with Crippen LogP contribution < -0.4 is 10.4 Å². The van der Waals surface area contributed by atoms with Crippen molar-refractivity contribution in [3.05, 3.63) is 96.6 Å². The molecule has 0 aliphatic carbocycles. The van der Waals surface area contributed by atoms with Gasteiger partial charge in [-0.15, -0.1) is 0 Å². The van der Waals surface area contributed by atoms with Gasteiger partial charge in [0.15, 0.2) is 6.10 Å². The number of hydrogen-bond donors (Lipinski definition) is 0. The van der Waals surface area contributed by atoms with Crippen molar-refractivity contribution in [1.82, 2.24) is 9.96 Å². The van der Waals surface area contributed by atoms with E-state index in [0.717, 1.165) is 10.5 Å². The van der Waals surface area contributed by atoms with E-state index in [2.05, 4.69) is 69.3 Å². The summed E-state index contributed by atoms with van der Waals surface area (Å²) in [6.45, 7) is 8.09. The fourth-order valence-corrected chi connectivity index (χ4v) is 10.2. The van der Waals surface area contributed by atoms with Gasteiger partial charge in [0.2, 0.25) is 0 Å². The third-order valence-corrected chi connectivity index (χ3v) is 12.6. The number of carbonyl (C=O) groups excluding carboxylic acids is 2. The molecule has 3 aromatic rings. The Hall–Kier alpha value is -3.30. The predicted octanol–water partition coefficient (Wildman–Crippen LogP) is 4.12. The number of nitrogens with zero attached hydrogens (tertiary/aromatic N) is 2. The first kappa shape index (κ1) is 27.3. The average Bonchev–Trinajstić information content (AvgIpc) is 3.55. The SMILES string of the molecule is CC(C)(C)[Si](OC[C@@H]1C[C@H](C(=O)N2CCOC2=O)ON1Cc1ccccc1)(c1ccccc1)c1ccccc1. The van der Waals surface area contributed by atoms with E-state index in [1.807, 2.05) is 47.5 Å². The standard InChI is InChI=1S/C31H36N2O5Si/c1-31(2,3)39(26-15-9-5-10-16-26,27-17-11-6-12-18-27)37-23-25-21-28(29(34)32-19-20-36-30(32)35)38-33(25)22-24-13-7-4-8-14-24/h4-18,25,28H,19-23H2,1-3H3/t25-,28+/m0/s1. The Morgan fingerprint density at radius 2 is 1.49 bits per heavy atom. The zero-order chi connectivity index (χ0) is 27.5. The lowest BCUT2D eigenvalue weighted by molar-refractivity contribution is -0.185. The topological polar surface area (TPSA) is 68.3 Å². The second-order valence-electron chi connectivity index (χ2n) is 11.1. The molecule has 2 fully saturated rings. The molecule has 0 bridgehead atoms. The first-order valence-electron chi connectivity index (χ1n) is 13.5. The molecule has 0 spiro atoms. The number of cyclic esters (lactones) is 1. The molecule has 0 N–H and O–H groups in total. The minimum Gasteiger partial charge on any atom is -0.447 e. The van der Waals surface area contributed by atoms with Gasteiger partial charge in [0.1, 0.15) is 6.61 Å². The molecule has 204 valence electrons. The van der Waals surface area contributed by atoms with Crippen LogP contribution in [0.15, 0.2) is 91.0 Å². The van der Waals surface area contributed by atoms with Crippen molar-refractivity contribution in [3.63, 3.8) is 0 Å². The lowest BCUT2D eigenvalue weighted by Gasteiger charge is -2.43. The second-order valence-corrected chi connectivity index (χ2v) is 15.4. The summed E-state index contributed by atoms with van der Waals surface area (Å²) in [5.74, 6) is -0.358. The van der Waals surface area contributed by atoms with Crippen molar-refractivity contribution in [2.75, 3.05) is 19.8 Å². The third kappa shape index (κ3) is 5.56. The van der Waals surface area contributed by atoms with E-state index in [1.165, 1.54) is 10.4 Å². The Morgan fingerprint density at radius 3 is 2.00 bits per heavy atom. The maximum Gasteiger partial charge on any atom is 0.416 e. The molecule has 2 atom stereocenters. The number of benzene rings is 3. The molecule has 5 rings (SSSR count). The Balaban J connectivity index is 1.46.